The number of nitro benzene ring substituents is 1. The molecule has 9 nitrogen and oxygen atoms in total. The summed E-state index contributed by atoms with van der Waals surface area (Å²) >= 11 is 0. The molecule has 0 atom stereocenters. The van der Waals surface area contributed by atoms with E-state index in [1.165, 1.54) is 12.1 Å². The summed E-state index contributed by atoms with van der Waals surface area (Å²) in [6, 6.07) is 17.5. The normalized spacial score (nSPS) is 16.3. The van der Waals surface area contributed by atoms with Crippen molar-refractivity contribution in [2.24, 2.45) is 5.41 Å². The van der Waals surface area contributed by atoms with Gasteiger partial charge in [-0.15, -0.1) is 0 Å². The molecule has 0 bridgehead atoms. The number of hydrogen-bond donors (Lipinski definition) is 0. The molecule has 188 valence electrons. The van der Waals surface area contributed by atoms with Crippen molar-refractivity contribution in [3.8, 4) is 23.1 Å². The number of carbonyl (C=O) groups is 2. The SMILES string of the molecule is O=C(C#Cc1ccccc1)N1CCC2(CC1)CCN(C(=O)Cn1ccc(-c3cccc([N+](=O)[O-])c3)n1)C2. The smallest absolute Gasteiger partial charge is 0.298 e. The summed E-state index contributed by atoms with van der Waals surface area (Å²) in [7, 11) is 0. The van der Waals surface area contributed by atoms with E-state index in [-0.39, 0.29) is 29.5 Å². The zero-order valence-electron chi connectivity index (χ0n) is 20.4. The molecule has 0 radical (unpaired) electrons. The Morgan fingerprint density at radius 3 is 2.43 bits per heavy atom. The van der Waals surface area contributed by atoms with Gasteiger partial charge in [0.1, 0.15) is 6.54 Å². The highest BCUT2D eigenvalue weighted by atomic mass is 16.6. The summed E-state index contributed by atoms with van der Waals surface area (Å²) in [5.74, 6) is 5.54. The van der Waals surface area contributed by atoms with Crippen LogP contribution in [-0.4, -0.2) is 62.5 Å². The van der Waals surface area contributed by atoms with Crippen LogP contribution in [-0.2, 0) is 16.1 Å². The minimum Gasteiger partial charge on any atom is -0.341 e. The Kier molecular flexibility index (Phi) is 6.73. The molecule has 0 saturated carbocycles. The number of carbonyl (C=O) groups excluding carboxylic acids is 2. The zero-order chi connectivity index (χ0) is 25.8. The van der Waals surface area contributed by atoms with Crippen LogP contribution in [0.1, 0.15) is 24.8 Å². The van der Waals surface area contributed by atoms with Gasteiger partial charge in [-0.05, 0) is 42.9 Å². The Labute approximate surface area is 214 Å². The van der Waals surface area contributed by atoms with E-state index < -0.39 is 4.92 Å². The van der Waals surface area contributed by atoms with Crippen LogP contribution in [0.2, 0.25) is 0 Å². The average Bonchev–Trinajstić information content (AvgIpc) is 3.56. The van der Waals surface area contributed by atoms with Gasteiger partial charge in [-0.3, -0.25) is 24.4 Å². The molecule has 0 N–H and O–H groups in total. The number of likely N-dealkylation sites (tertiary alicyclic amines) is 2. The highest BCUT2D eigenvalue weighted by Gasteiger charge is 2.42. The average molecular weight is 498 g/mol. The molecule has 2 saturated heterocycles. The van der Waals surface area contributed by atoms with Crippen molar-refractivity contribution in [3.05, 3.63) is 82.5 Å². The van der Waals surface area contributed by atoms with Gasteiger partial charge in [-0.2, -0.15) is 5.10 Å². The first-order chi connectivity index (χ1) is 17.9. The van der Waals surface area contributed by atoms with Crippen LogP contribution in [0.4, 0.5) is 5.69 Å². The number of non-ortho nitro benzene ring substituents is 1. The first-order valence-corrected chi connectivity index (χ1v) is 12.3. The molecule has 37 heavy (non-hydrogen) atoms. The fourth-order valence-corrected chi connectivity index (χ4v) is 5.09. The Morgan fingerprint density at radius 2 is 1.70 bits per heavy atom. The van der Waals surface area contributed by atoms with E-state index in [1.54, 1.807) is 29.1 Å². The second-order valence-electron chi connectivity index (χ2n) is 9.68. The number of nitrogens with zero attached hydrogens (tertiary/aromatic N) is 5. The molecule has 3 aromatic rings. The molecule has 1 aromatic heterocycles. The van der Waals surface area contributed by atoms with E-state index >= 15 is 0 Å². The number of aromatic nitrogens is 2. The molecule has 2 aliphatic heterocycles. The molecule has 2 amide bonds. The van der Waals surface area contributed by atoms with Crippen LogP contribution in [0.5, 0.6) is 0 Å². The number of rotatable bonds is 4. The zero-order valence-corrected chi connectivity index (χ0v) is 20.4. The number of nitro groups is 1. The van der Waals surface area contributed by atoms with E-state index in [1.807, 2.05) is 40.1 Å². The van der Waals surface area contributed by atoms with Gasteiger partial charge in [0.25, 0.3) is 11.6 Å². The van der Waals surface area contributed by atoms with Gasteiger partial charge in [0.15, 0.2) is 0 Å². The van der Waals surface area contributed by atoms with E-state index in [4.69, 9.17) is 0 Å². The number of amides is 2. The van der Waals surface area contributed by atoms with Gasteiger partial charge >= 0.3 is 0 Å². The summed E-state index contributed by atoms with van der Waals surface area (Å²) < 4.78 is 1.58. The highest BCUT2D eigenvalue weighted by molar-refractivity contribution is 5.94. The maximum Gasteiger partial charge on any atom is 0.298 e. The lowest BCUT2D eigenvalue weighted by Gasteiger charge is -2.38. The minimum atomic E-state index is -0.439. The van der Waals surface area contributed by atoms with Crippen molar-refractivity contribution >= 4 is 17.5 Å². The van der Waals surface area contributed by atoms with Gasteiger partial charge in [0.05, 0.1) is 10.6 Å². The topological polar surface area (TPSA) is 102 Å². The highest BCUT2D eigenvalue weighted by Crippen LogP contribution is 2.40. The molecule has 0 aliphatic carbocycles. The molecular weight excluding hydrogens is 470 g/mol. The third kappa shape index (κ3) is 5.54. The fraction of sp³-hybridized carbons (Fsp3) is 0.321. The van der Waals surface area contributed by atoms with Crippen LogP contribution in [0, 0.1) is 27.4 Å². The van der Waals surface area contributed by atoms with Crippen LogP contribution in [0.3, 0.4) is 0 Å². The molecule has 2 aliphatic rings. The van der Waals surface area contributed by atoms with Crippen LogP contribution in [0.15, 0.2) is 66.9 Å². The molecule has 1 spiro atoms. The Balaban J connectivity index is 1.14. The van der Waals surface area contributed by atoms with Crippen LogP contribution < -0.4 is 0 Å². The van der Waals surface area contributed by atoms with Crippen LogP contribution >= 0.6 is 0 Å². The predicted molar refractivity (Wildman–Crippen MR) is 137 cm³/mol. The lowest BCUT2D eigenvalue weighted by molar-refractivity contribution is -0.384. The molecule has 0 unspecified atom stereocenters. The van der Waals surface area contributed by atoms with Gasteiger partial charge in [0, 0.05) is 61.6 Å². The van der Waals surface area contributed by atoms with E-state index in [2.05, 4.69) is 16.9 Å². The first-order valence-electron chi connectivity index (χ1n) is 12.3. The third-order valence-electron chi connectivity index (χ3n) is 7.28. The summed E-state index contributed by atoms with van der Waals surface area (Å²) in [6.07, 6.45) is 4.36. The molecule has 9 heteroatoms. The van der Waals surface area contributed by atoms with Gasteiger partial charge in [-0.25, -0.2) is 0 Å². The predicted octanol–water partition coefficient (Wildman–Crippen LogP) is 3.35. The summed E-state index contributed by atoms with van der Waals surface area (Å²) in [5, 5.41) is 15.5. The molecular formula is C28H27N5O4. The van der Waals surface area contributed by atoms with Gasteiger partial charge in [-0.1, -0.05) is 36.3 Å². The number of benzene rings is 2. The molecule has 5 rings (SSSR count). The van der Waals surface area contributed by atoms with Gasteiger partial charge in [0.2, 0.25) is 5.91 Å². The monoisotopic (exact) mass is 497 g/mol. The van der Waals surface area contributed by atoms with Crippen molar-refractivity contribution < 1.29 is 14.5 Å². The number of hydrogen-bond acceptors (Lipinski definition) is 5. The minimum absolute atomic E-state index is 0.00137. The third-order valence-corrected chi connectivity index (χ3v) is 7.28. The Hall–Kier alpha value is -4.45. The lowest BCUT2D eigenvalue weighted by Crippen LogP contribution is -2.44. The fourth-order valence-electron chi connectivity index (χ4n) is 5.09. The van der Waals surface area contributed by atoms with E-state index in [0.717, 1.165) is 24.8 Å². The molecule has 3 heterocycles. The van der Waals surface area contributed by atoms with Crippen molar-refractivity contribution in [2.45, 2.75) is 25.8 Å². The maximum absolute atomic E-state index is 13.0. The van der Waals surface area contributed by atoms with Crippen molar-refractivity contribution in [1.29, 1.82) is 0 Å². The molecule has 2 fully saturated rings. The Bertz CT molecular complexity index is 1380. The summed E-state index contributed by atoms with van der Waals surface area (Å²) in [4.78, 5) is 39.9. The van der Waals surface area contributed by atoms with Crippen LogP contribution in [0.25, 0.3) is 11.3 Å². The lowest BCUT2D eigenvalue weighted by atomic mass is 9.78. The van der Waals surface area contributed by atoms with E-state index in [9.17, 15) is 19.7 Å². The van der Waals surface area contributed by atoms with Gasteiger partial charge < -0.3 is 9.80 Å². The van der Waals surface area contributed by atoms with Crippen molar-refractivity contribution in [2.75, 3.05) is 26.2 Å². The molecule has 2 aromatic carbocycles. The number of piperidine rings is 1. The second kappa shape index (κ2) is 10.3. The Morgan fingerprint density at radius 1 is 0.973 bits per heavy atom. The maximum atomic E-state index is 13.0. The second-order valence-corrected chi connectivity index (χ2v) is 9.68. The standard InChI is InChI=1S/C28H27N5O4/c34-26(10-9-22-5-2-1-3-6-22)30-16-12-28(13-17-30)14-18-31(21-28)27(35)20-32-15-11-25(29-32)23-7-4-8-24(19-23)33(36)37/h1-8,11,15,19H,12-14,16-18,20-21H2. The summed E-state index contributed by atoms with van der Waals surface area (Å²) in [5.41, 5.74) is 2.08. The van der Waals surface area contributed by atoms with E-state index in [0.29, 0.717) is 37.4 Å². The summed E-state index contributed by atoms with van der Waals surface area (Å²) in [6.45, 7) is 2.79. The van der Waals surface area contributed by atoms with Crippen molar-refractivity contribution in [3.63, 3.8) is 0 Å². The quantitative estimate of drug-likeness (QED) is 0.313. The first kappa shape index (κ1) is 24.3. The van der Waals surface area contributed by atoms with Crippen molar-refractivity contribution in [1.82, 2.24) is 19.6 Å². The largest absolute Gasteiger partial charge is 0.341 e.